The predicted octanol–water partition coefficient (Wildman–Crippen LogP) is 2.59. The first-order valence-electron chi connectivity index (χ1n) is 6.80. The highest BCUT2D eigenvalue weighted by Crippen LogP contribution is 2.37. The summed E-state index contributed by atoms with van der Waals surface area (Å²) in [5.74, 6) is 1.67. The molecule has 100 valence electrons. The highest BCUT2D eigenvalue weighted by atomic mass is 15.5. The number of rotatable bonds is 4. The van der Waals surface area contributed by atoms with Gasteiger partial charge in [-0.1, -0.05) is 25.0 Å². The predicted molar refractivity (Wildman–Crippen MR) is 74.5 cm³/mol. The third kappa shape index (κ3) is 2.32. The molecule has 0 radical (unpaired) electrons. The molecular weight excluding hydrogens is 238 g/mol. The molecule has 5 heteroatoms. The number of nitrogens with zero attached hydrogens (tertiary/aromatic N) is 4. The topological polar surface area (TPSA) is 69.6 Å². The first kappa shape index (κ1) is 12.1. The second kappa shape index (κ2) is 4.64. The quantitative estimate of drug-likeness (QED) is 0.855. The Morgan fingerprint density at radius 3 is 2.95 bits per heavy atom. The van der Waals surface area contributed by atoms with Crippen molar-refractivity contribution in [2.24, 2.45) is 5.92 Å². The maximum atomic E-state index is 5.97. The second-order valence-electron chi connectivity index (χ2n) is 5.49. The van der Waals surface area contributed by atoms with E-state index < -0.39 is 0 Å². The maximum Gasteiger partial charge on any atom is 0.182 e. The van der Waals surface area contributed by atoms with Crippen LogP contribution in [-0.2, 0) is 0 Å². The molecule has 1 fully saturated rings. The summed E-state index contributed by atoms with van der Waals surface area (Å²) >= 11 is 0. The van der Waals surface area contributed by atoms with Crippen LogP contribution in [-0.4, -0.2) is 20.2 Å². The van der Waals surface area contributed by atoms with Crippen LogP contribution in [0.3, 0.4) is 0 Å². The Bertz CT molecular complexity index is 585. The van der Waals surface area contributed by atoms with E-state index in [0.717, 1.165) is 35.0 Å². The van der Waals surface area contributed by atoms with Gasteiger partial charge in [0.05, 0.1) is 6.04 Å². The SMILES string of the molecule is Cc1c(N)cccc1-c1nnnn1C(C)CC1CC1. The number of tetrazole rings is 1. The van der Waals surface area contributed by atoms with Crippen molar-refractivity contribution in [3.8, 4) is 11.4 Å². The summed E-state index contributed by atoms with van der Waals surface area (Å²) < 4.78 is 1.93. The van der Waals surface area contributed by atoms with Crippen LogP contribution in [0.5, 0.6) is 0 Å². The van der Waals surface area contributed by atoms with Gasteiger partial charge in [-0.2, -0.15) is 0 Å². The molecule has 1 saturated carbocycles. The fourth-order valence-electron chi connectivity index (χ4n) is 2.50. The summed E-state index contributed by atoms with van der Waals surface area (Å²) in [6, 6.07) is 6.21. The summed E-state index contributed by atoms with van der Waals surface area (Å²) in [5.41, 5.74) is 8.81. The second-order valence-corrected chi connectivity index (χ2v) is 5.49. The van der Waals surface area contributed by atoms with Crippen LogP contribution < -0.4 is 5.73 Å². The van der Waals surface area contributed by atoms with Crippen molar-refractivity contribution >= 4 is 5.69 Å². The Balaban J connectivity index is 1.96. The van der Waals surface area contributed by atoms with Gasteiger partial charge in [-0.15, -0.1) is 5.10 Å². The van der Waals surface area contributed by atoms with Crippen LogP contribution in [0.15, 0.2) is 18.2 Å². The summed E-state index contributed by atoms with van der Waals surface area (Å²) in [4.78, 5) is 0. The highest BCUT2D eigenvalue weighted by molar-refractivity contribution is 5.67. The van der Waals surface area contributed by atoms with Crippen LogP contribution >= 0.6 is 0 Å². The van der Waals surface area contributed by atoms with Gasteiger partial charge < -0.3 is 5.73 Å². The van der Waals surface area contributed by atoms with Crippen LogP contribution in [0.1, 0.15) is 37.8 Å². The smallest absolute Gasteiger partial charge is 0.182 e. The minimum absolute atomic E-state index is 0.332. The van der Waals surface area contributed by atoms with Crippen LogP contribution in [0, 0.1) is 12.8 Å². The average molecular weight is 257 g/mol. The first-order valence-corrected chi connectivity index (χ1v) is 6.80. The highest BCUT2D eigenvalue weighted by Gasteiger charge is 2.26. The lowest BCUT2D eigenvalue weighted by Crippen LogP contribution is -2.10. The van der Waals surface area contributed by atoms with Gasteiger partial charge in [-0.25, -0.2) is 4.68 Å². The number of hydrogen-bond acceptors (Lipinski definition) is 4. The lowest BCUT2D eigenvalue weighted by molar-refractivity contribution is 0.430. The molecule has 1 aliphatic rings. The van der Waals surface area contributed by atoms with E-state index in [1.165, 1.54) is 12.8 Å². The fourth-order valence-corrected chi connectivity index (χ4v) is 2.50. The minimum Gasteiger partial charge on any atom is -0.398 e. The molecule has 0 bridgehead atoms. The Hall–Kier alpha value is -1.91. The van der Waals surface area contributed by atoms with Gasteiger partial charge in [0.15, 0.2) is 5.82 Å². The molecule has 3 rings (SSSR count). The maximum absolute atomic E-state index is 5.97. The normalized spacial score (nSPS) is 16.5. The van der Waals surface area contributed by atoms with E-state index in [-0.39, 0.29) is 0 Å². The molecule has 0 aliphatic heterocycles. The van der Waals surface area contributed by atoms with Crippen molar-refractivity contribution < 1.29 is 0 Å². The molecule has 0 amide bonds. The molecule has 1 aromatic carbocycles. The summed E-state index contributed by atoms with van der Waals surface area (Å²) in [6.45, 7) is 4.19. The van der Waals surface area contributed by atoms with Gasteiger partial charge in [0.1, 0.15) is 0 Å². The zero-order chi connectivity index (χ0) is 13.4. The first-order chi connectivity index (χ1) is 9.16. The van der Waals surface area contributed by atoms with Crippen molar-refractivity contribution in [3.63, 3.8) is 0 Å². The average Bonchev–Trinajstić information content (AvgIpc) is 3.06. The Morgan fingerprint density at radius 2 is 2.21 bits per heavy atom. The molecule has 1 heterocycles. The third-order valence-corrected chi connectivity index (χ3v) is 3.90. The molecule has 0 saturated heterocycles. The van der Waals surface area contributed by atoms with Gasteiger partial charge in [0.2, 0.25) is 0 Å². The fraction of sp³-hybridized carbons (Fsp3) is 0.500. The number of anilines is 1. The van der Waals surface area contributed by atoms with E-state index in [9.17, 15) is 0 Å². The molecule has 1 atom stereocenters. The molecular formula is C14H19N5. The van der Waals surface area contributed by atoms with Crippen LogP contribution in [0.4, 0.5) is 5.69 Å². The van der Waals surface area contributed by atoms with Gasteiger partial charge in [0.25, 0.3) is 0 Å². The van der Waals surface area contributed by atoms with E-state index >= 15 is 0 Å². The zero-order valence-corrected chi connectivity index (χ0v) is 11.4. The van der Waals surface area contributed by atoms with E-state index in [2.05, 4.69) is 22.4 Å². The van der Waals surface area contributed by atoms with Gasteiger partial charge >= 0.3 is 0 Å². The van der Waals surface area contributed by atoms with Crippen molar-refractivity contribution in [2.75, 3.05) is 5.73 Å². The molecule has 2 aromatic rings. The van der Waals surface area contributed by atoms with Crippen LogP contribution in [0.25, 0.3) is 11.4 Å². The van der Waals surface area contributed by atoms with Gasteiger partial charge in [-0.3, -0.25) is 0 Å². The number of nitrogen functional groups attached to an aromatic ring is 1. The third-order valence-electron chi connectivity index (χ3n) is 3.90. The molecule has 19 heavy (non-hydrogen) atoms. The molecule has 1 aliphatic carbocycles. The van der Waals surface area contributed by atoms with Crippen molar-refractivity contribution in [3.05, 3.63) is 23.8 Å². The Morgan fingerprint density at radius 1 is 1.42 bits per heavy atom. The van der Waals surface area contributed by atoms with Gasteiger partial charge in [-0.05, 0) is 48.2 Å². The van der Waals surface area contributed by atoms with Gasteiger partial charge in [0, 0.05) is 11.3 Å². The minimum atomic E-state index is 0.332. The number of nitrogens with two attached hydrogens (primary N) is 1. The zero-order valence-electron chi connectivity index (χ0n) is 11.4. The molecule has 1 unspecified atom stereocenters. The van der Waals surface area contributed by atoms with E-state index in [0.29, 0.717) is 6.04 Å². The molecule has 5 nitrogen and oxygen atoms in total. The van der Waals surface area contributed by atoms with E-state index in [1.54, 1.807) is 0 Å². The number of aromatic nitrogens is 4. The summed E-state index contributed by atoms with van der Waals surface area (Å²) in [5, 5.41) is 12.2. The van der Waals surface area contributed by atoms with Crippen molar-refractivity contribution in [1.29, 1.82) is 0 Å². The lowest BCUT2D eigenvalue weighted by Gasteiger charge is -2.14. The monoisotopic (exact) mass is 257 g/mol. The Labute approximate surface area is 112 Å². The molecule has 1 aromatic heterocycles. The van der Waals surface area contributed by atoms with Crippen molar-refractivity contribution in [2.45, 2.75) is 39.2 Å². The van der Waals surface area contributed by atoms with E-state index in [4.69, 9.17) is 5.73 Å². The Kier molecular flexibility index (Phi) is 2.97. The van der Waals surface area contributed by atoms with Crippen molar-refractivity contribution in [1.82, 2.24) is 20.2 Å². The number of benzene rings is 1. The number of hydrogen-bond donors (Lipinski definition) is 1. The standard InChI is InChI=1S/C14H19N5/c1-9(8-11-6-7-11)19-14(16-17-18-19)12-4-3-5-13(15)10(12)2/h3-5,9,11H,6-8,15H2,1-2H3. The molecule has 2 N–H and O–H groups in total. The molecule has 0 spiro atoms. The summed E-state index contributed by atoms with van der Waals surface area (Å²) in [6.07, 6.45) is 3.84. The van der Waals surface area contributed by atoms with Crippen LogP contribution in [0.2, 0.25) is 0 Å². The largest absolute Gasteiger partial charge is 0.398 e. The van der Waals surface area contributed by atoms with E-state index in [1.807, 2.05) is 29.8 Å². The lowest BCUT2D eigenvalue weighted by atomic mass is 10.1. The summed E-state index contributed by atoms with van der Waals surface area (Å²) in [7, 11) is 0.